The van der Waals surface area contributed by atoms with E-state index >= 15 is 0 Å². The highest BCUT2D eigenvalue weighted by molar-refractivity contribution is 5.82. The van der Waals surface area contributed by atoms with E-state index in [4.69, 9.17) is 5.11 Å². The SMILES string of the molecule is CN(CC(=O)O)C1CCCN(Cc2ccc3ccccc3c2)CC1. The molecule has 2 aromatic rings. The molecule has 1 fully saturated rings. The van der Waals surface area contributed by atoms with Crippen LogP contribution in [0.15, 0.2) is 42.5 Å². The highest BCUT2D eigenvalue weighted by atomic mass is 16.4. The standard InChI is InChI=1S/C20H26N2O2/c1-21(15-20(23)24)19-7-4-11-22(12-10-19)14-16-8-9-17-5-2-3-6-18(17)13-16/h2-3,5-6,8-9,13,19H,4,7,10-12,14-15H2,1H3,(H,23,24). The maximum absolute atomic E-state index is 10.9. The number of likely N-dealkylation sites (N-methyl/N-ethyl adjacent to an activating group) is 1. The predicted octanol–water partition coefficient (Wildman–Crippen LogP) is 3.21. The van der Waals surface area contributed by atoms with Gasteiger partial charge < -0.3 is 5.11 Å². The molecule has 3 rings (SSSR count). The summed E-state index contributed by atoms with van der Waals surface area (Å²) in [6.45, 7) is 3.22. The molecule has 0 bridgehead atoms. The Labute approximate surface area is 143 Å². The van der Waals surface area contributed by atoms with Crippen LogP contribution in [0.3, 0.4) is 0 Å². The van der Waals surface area contributed by atoms with Crippen LogP contribution in [-0.2, 0) is 11.3 Å². The first kappa shape index (κ1) is 16.9. The summed E-state index contributed by atoms with van der Waals surface area (Å²) >= 11 is 0. The van der Waals surface area contributed by atoms with Gasteiger partial charge in [0, 0.05) is 12.6 Å². The normalized spacial score (nSPS) is 19.5. The number of hydrogen-bond acceptors (Lipinski definition) is 3. The average Bonchev–Trinajstić information content (AvgIpc) is 2.80. The molecule has 1 unspecified atom stereocenters. The molecule has 4 heteroatoms. The highest BCUT2D eigenvalue weighted by Crippen LogP contribution is 2.20. The summed E-state index contributed by atoms with van der Waals surface area (Å²) in [6.07, 6.45) is 3.25. The van der Waals surface area contributed by atoms with Gasteiger partial charge in [-0.3, -0.25) is 14.6 Å². The fourth-order valence-electron chi connectivity index (χ4n) is 3.67. The van der Waals surface area contributed by atoms with Crippen molar-refractivity contribution in [2.75, 3.05) is 26.7 Å². The van der Waals surface area contributed by atoms with Crippen LogP contribution in [0.1, 0.15) is 24.8 Å². The number of aliphatic carboxylic acids is 1. The van der Waals surface area contributed by atoms with Crippen LogP contribution < -0.4 is 0 Å². The third kappa shape index (κ3) is 4.34. The van der Waals surface area contributed by atoms with Gasteiger partial charge in [0.15, 0.2) is 0 Å². The van der Waals surface area contributed by atoms with E-state index in [1.165, 1.54) is 16.3 Å². The number of carboxylic acid groups (broad SMARTS) is 1. The van der Waals surface area contributed by atoms with Gasteiger partial charge in [0.2, 0.25) is 0 Å². The smallest absolute Gasteiger partial charge is 0.317 e. The van der Waals surface area contributed by atoms with E-state index in [2.05, 4.69) is 47.4 Å². The van der Waals surface area contributed by atoms with Crippen molar-refractivity contribution in [3.05, 3.63) is 48.0 Å². The second-order valence-corrected chi connectivity index (χ2v) is 6.85. The molecule has 1 saturated heterocycles. The van der Waals surface area contributed by atoms with Crippen LogP contribution in [0.25, 0.3) is 10.8 Å². The van der Waals surface area contributed by atoms with Crippen molar-refractivity contribution in [2.45, 2.75) is 31.8 Å². The Morgan fingerprint density at radius 2 is 1.96 bits per heavy atom. The molecule has 1 aliphatic heterocycles. The van der Waals surface area contributed by atoms with Crippen LogP contribution in [0.4, 0.5) is 0 Å². The summed E-state index contributed by atoms with van der Waals surface area (Å²) in [7, 11) is 1.93. The van der Waals surface area contributed by atoms with E-state index in [1.54, 1.807) is 0 Å². The van der Waals surface area contributed by atoms with Gasteiger partial charge in [0.05, 0.1) is 6.54 Å². The lowest BCUT2D eigenvalue weighted by Gasteiger charge is -2.25. The Morgan fingerprint density at radius 3 is 2.75 bits per heavy atom. The van der Waals surface area contributed by atoms with Crippen LogP contribution in [-0.4, -0.2) is 53.6 Å². The Morgan fingerprint density at radius 1 is 1.17 bits per heavy atom. The molecule has 2 aromatic carbocycles. The van der Waals surface area contributed by atoms with Crippen molar-refractivity contribution in [2.24, 2.45) is 0 Å². The first-order valence-corrected chi connectivity index (χ1v) is 8.74. The van der Waals surface area contributed by atoms with Crippen molar-refractivity contribution in [3.63, 3.8) is 0 Å². The molecular weight excluding hydrogens is 300 g/mol. The molecule has 0 saturated carbocycles. The van der Waals surface area contributed by atoms with E-state index in [1.807, 2.05) is 11.9 Å². The van der Waals surface area contributed by atoms with Gasteiger partial charge >= 0.3 is 5.97 Å². The van der Waals surface area contributed by atoms with Gasteiger partial charge in [-0.05, 0) is 61.8 Å². The lowest BCUT2D eigenvalue weighted by Crippen LogP contribution is -2.36. The summed E-state index contributed by atoms with van der Waals surface area (Å²) < 4.78 is 0. The largest absolute Gasteiger partial charge is 0.480 e. The molecule has 4 nitrogen and oxygen atoms in total. The molecule has 0 spiro atoms. The Bertz CT molecular complexity index is 701. The molecule has 0 aromatic heterocycles. The van der Waals surface area contributed by atoms with Crippen molar-refractivity contribution in [1.29, 1.82) is 0 Å². The quantitative estimate of drug-likeness (QED) is 0.916. The van der Waals surface area contributed by atoms with Gasteiger partial charge in [-0.25, -0.2) is 0 Å². The third-order valence-electron chi connectivity index (χ3n) is 5.02. The fraction of sp³-hybridized carbons (Fsp3) is 0.450. The minimum Gasteiger partial charge on any atom is -0.480 e. The van der Waals surface area contributed by atoms with Crippen molar-refractivity contribution >= 4 is 16.7 Å². The molecule has 1 heterocycles. The molecule has 1 aliphatic rings. The average molecular weight is 326 g/mol. The molecule has 24 heavy (non-hydrogen) atoms. The topological polar surface area (TPSA) is 43.8 Å². The molecule has 128 valence electrons. The summed E-state index contributed by atoms with van der Waals surface area (Å²) in [5.41, 5.74) is 1.35. The van der Waals surface area contributed by atoms with Crippen molar-refractivity contribution in [3.8, 4) is 0 Å². The number of likely N-dealkylation sites (tertiary alicyclic amines) is 1. The van der Waals surface area contributed by atoms with Crippen molar-refractivity contribution in [1.82, 2.24) is 9.80 Å². The number of fused-ring (bicyclic) bond motifs is 1. The first-order chi connectivity index (χ1) is 11.6. The van der Waals surface area contributed by atoms with Crippen LogP contribution >= 0.6 is 0 Å². The van der Waals surface area contributed by atoms with Gasteiger partial charge in [0.25, 0.3) is 0 Å². The number of carboxylic acids is 1. The van der Waals surface area contributed by atoms with E-state index in [0.717, 1.165) is 38.9 Å². The van der Waals surface area contributed by atoms with Crippen LogP contribution in [0.2, 0.25) is 0 Å². The van der Waals surface area contributed by atoms with E-state index in [-0.39, 0.29) is 6.54 Å². The first-order valence-electron chi connectivity index (χ1n) is 8.74. The molecule has 1 N–H and O–H groups in total. The maximum Gasteiger partial charge on any atom is 0.317 e. The number of nitrogens with zero attached hydrogens (tertiary/aromatic N) is 2. The fourth-order valence-corrected chi connectivity index (χ4v) is 3.67. The molecule has 0 aliphatic carbocycles. The van der Waals surface area contributed by atoms with Crippen LogP contribution in [0, 0.1) is 0 Å². The van der Waals surface area contributed by atoms with Gasteiger partial charge in [-0.2, -0.15) is 0 Å². The maximum atomic E-state index is 10.9. The Hall–Kier alpha value is -1.91. The molecular formula is C20H26N2O2. The van der Waals surface area contributed by atoms with E-state index in [0.29, 0.717) is 6.04 Å². The minimum atomic E-state index is -0.741. The Balaban J connectivity index is 1.60. The molecule has 0 radical (unpaired) electrons. The van der Waals surface area contributed by atoms with Gasteiger partial charge in [-0.1, -0.05) is 36.4 Å². The molecule has 0 amide bonds. The monoisotopic (exact) mass is 326 g/mol. The highest BCUT2D eigenvalue weighted by Gasteiger charge is 2.21. The van der Waals surface area contributed by atoms with Crippen LogP contribution in [0.5, 0.6) is 0 Å². The van der Waals surface area contributed by atoms with Gasteiger partial charge in [0.1, 0.15) is 0 Å². The second kappa shape index (κ2) is 7.77. The lowest BCUT2D eigenvalue weighted by molar-refractivity contribution is -0.138. The lowest BCUT2D eigenvalue weighted by atomic mass is 10.1. The number of carbonyl (C=O) groups is 1. The predicted molar refractivity (Wildman–Crippen MR) is 97.1 cm³/mol. The number of rotatable bonds is 5. The zero-order valence-electron chi connectivity index (χ0n) is 14.3. The third-order valence-corrected chi connectivity index (χ3v) is 5.02. The zero-order valence-corrected chi connectivity index (χ0v) is 14.3. The number of hydrogen-bond donors (Lipinski definition) is 1. The minimum absolute atomic E-state index is 0.134. The second-order valence-electron chi connectivity index (χ2n) is 6.85. The Kier molecular flexibility index (Phi) is 5.48. The van der Waals surface area contributed by atoms with Crippen molar-refractivity contribution < 1.29 is 9.90 Å². The summed E-state index contributed by atoms with van der Waals surface area (Å²) in [5.74, 6) is -0.741. The summed E-state index contributed by atoms with van der Waals surface area (Å²) in [4.78, 5) is 15.4. The van der Waals surface area contributed by atoms with Gasteiger partial charge in [-0.15, -0.1) is 0 Å². The van der Waals surface area contributed by atoms with E-state index in [9.17, 15) is 4.79 Å². The summed E-state index contributed by atoms with van der Waals surface area (Å²) in [6, 6.07) is 15.6. The van der Waals surface area contributed by atoms with E-state index < -0.39 is 5.97 Å². The molecule has 1 atom stereocenters. The summed E-state index contributed by atoms with van der Waals surface area (Å²) in [5, 5.41) is 11.5. The number of benzene rings is 2. The zero-order chi connectivity index (χ0) is 16.9.